The molecule has 1 aromatic heterocycles. The number of primary amides is 1. The minimum absolute atomic E-state index is 0.160. The number of hydrogen-bond acceptors (Lipinski definition) is 3. The van der Waals surface area contributed by atoms with E-state index in [9.17, 15) is 9.59 Å². The fourth-order valence-electron chi connectivity index (χ4n) is 1.30. The number of carbonyl (C=O) groups is 2. The first kappa shape index (κ1) is 14.9. The van der Waals surface area contributed by atoms with Gasteiger partial charge in [-0.05, 0) is 34.8 Å². The molecular weight excluding hydrogens is 321 g/mol. The van der Waals surface area contributed by atoms with Gasteiger partial charge in [-0.25, -0.2) is 4.98 Å². The molecule has 5 nitrogen and oxygen atoms in total. The maximum atomic E-state index is 11.8. The molecule has 0 aliphatic rings. The van der Waals surface area contributed by atoms with Crippen LogP contribution in [-0.2, 0) is 4.79 Å². The van der Waals surface area contributed by atoms with Gasteiger partial charge in [0.2, 0.25) is 5.91 Å². The number of aromatic nitrogens is 1. The lowest BCUT2D eigenvalue weighted by Gasteiger charge is -2.06. The average Bonchev–Trinajstić information content (AvgIpc) is 2.31. The highest BCUT2D eigenvalue weighted by atomic mass is 79.9. The summed E-state index contributed by atoms with van der Waals surface area (Å²) >= 11 is 9.04. The number of rotatable bonds is 6. The van der Waals surface area contributed by atoms with Crippen LogP contribution in [0.1, 0.15) is 29.6 Å². The van der Waals surface area contributed by atoms with E-state index in [2.05, 4.69) is 26.2 Å². The molecule has 3 N–H and O–H groups in total. The van der Waals surface area contributed by atoms with E-state index in [0.717, 1.165) is 0 Å². The second kappa shape index (κ2) is 7.33. The predicted molar refractivity (Wildman–Crippen MR) is 72.3 cm³/mol. The van der Waals surface area contributed by atoms with Crippen LogP contribution in [0.15, 0.2) is 16.7 Å². The fraction of sp³-hybridized carbons (Fsp3) is 0.364. The Kier molecular flexibility index (Phi) is 6.07. The Morgan fingerprint density at radius 3 is 2.83 bits per heavy atom. The van der Waals surface area contributed by atoms with Gasteiger partial charge in [0.05, 0.1) is 5.56 Å². The van der Waals surface area contributed by atoms with Crippen LogP contribution in [-0.4, -0.2) is 23.3 Å². The van der Waals surface area contributed by atoms with Gasteiger partial charge in [0, 0.05) is 23.6 Å². The minimum atomic E-state index is -0.333. The van der Waals surface area contributed by atoms with Gasteiger partial charge in [0.15, 0.2) is 0 Å². The zero-order valence-corrected chi connectivity index (χ0v) is 11.9. The lowest BCUT2D eigenvalue weighted by molar-refractivity contribution is -0.118. The van der Waals surface area contributed by atoms with E-state index in [4.69, 9.17) is 17.3 Å². The van der Waals surface area contributed by atoms with Crippen LogP contribution in [0.4, 0.5) is 0 Å². The lowest BCUT2D eigenvalue weighted by atomic mass is 10.2. The Balaban J connectivity index is 2.41. The molecule has 0 aromatic carbocycles. The fourth-order valence-corrected chi connectivity index (χ4v) is 1.82. The van der Waals surface area contributed by atoms with Crippen LogP contribution in [0.5, 0.6) is 0 Å². The summed E-state index contributed by atoms with van der Waals surface area (Å²) < 4.78 is 0.686. The second-order valence-electron chi connectivity index (χ2n) is 3.67. The summed E-state index contributed by atoms with van der Waals surface area (Å²) in [5.41, 5.74) is 5.33. The Hall–Kier alpha value is -1.14. The summed E-state index contributed by atoms with van der Waals surface area (Å²) in [6.07, 6.45) is 3.19. The first-order valence-corrected chi connectivity index (χ1v) is 6.55. The smallest absolute Gasteiger partial charge is 0.254 e. The van der Waals surface area contributed by atoms with Crippen molar-refractivity contribution in [2.45, 2.75) is 19.3 Å². The van der Waals surface area contributed by atoms with Crippen LogP contribution in [0.25, 0.3) is 0 Å². The van der Waals surface area contributed by atoms with Gasteiger partial charge in [-0.2, -0.15) is 0 Å². The van der Waals surface area contributed by atoms with Crippen molar-refractivity contribution in [2.75, 3.05) is 6.54 Å². The SMILES string of the molecule is NC(=O)CCCCNC(=O)c1cc(Br)cnc1Cl. The molecule has 0 fully saturated rings. The summed E-state index contributed by atoms with van der Waals surface area (Å²) in [7, 11) is 0. The molecule has 0 aliphatic carbocycles. The van der Waals surface area contributed by atoms with E-state index < -0.39 is 0 Å². The topological polar surface area (TPSA) is 85.1 Å². The molecule has 0 saturated carbocycles. The number of halogens is 2. The third kappa shape index (κ3) is 5.01. The summed E-state index contributed by atoms with van der Waals surface area (Å²) in [5, 5.41) is 2.86. The molecule has 0 spiro atoms. The molecule has 18 heavy (non-hydrogen) atoms. The van der Waals surface area contributed by atoms with Crippen molar-refractivity contribution >= 4 is 39.3 Å². The van der Waals surface area contributed by atoms with E-state index in [1.165, 1.54) is 6.20 Å². The van der Waals surface area contributed by atoms with Gasteiger partial charge in [0.25, 0.3) is 5.91 Å². The molecule has 2 amide bonds. The Morgan fingerprint density at radius 2 is 2.17 bits per heavy atom. The molecule has 7 heteroatoms. The Labute approximate surface area is 118 Å². The van der Waals surface area contributed by atoms with E-state index >= 15 is 0 Å². The first-order valence-electron chi connectivity index (χ1n) is 5.38. The minimum Gasteiger partial charge on any atom is -0.370 e. The number of unbranched alkanes of at least 4 members (excludes halogenated alkanes) is 1. The van der Waals surface area contributed by atoms with Gasteiger partial charge in [0.1, 0.15) is 5.15 Å². The monoisotopic (exact) mass is 333 g/mol. The zero-order chi connectivity index (χ0) is 13.5. The number of amides is 2. The number of carbonyl (C=O) groups excluding carboxylic acids is 2. The van der Waals surface area contributed by atoms with Gasteiger partial charge >= 0.3 is 0 Å². The van der Waals surface area contributed by atoms with Crippen molar-refractivity contribution in [3.63, 3.8) is 0 Å². The van der Waals surface area contributed by atoms with Crippen LogP contribution in [0.2, 0.25) is 5.15 Å². The summed E-state index contributed by atoms with van der Waals surface area (Å²) in [6, 6.07) is 1.61. The number of nitrogens with zero attached hydrogens (tertiary/aromatic N) is 1. The lowest BCUT2D eigenvalue weighted by Crippen LogP contribution is -2.25. The highest BCUT2D eigenvalue weighted by molar-refractivity contribution is 9.10. The van der Waals surface area contributed by atoms with Crippen LogP contribution in [0.3, 0.4) is 0 Å². The molecule has 1 heterocycles. The molecule has 98 valence electrons. The number of nitrogens with one attached hydrogen (secondary N) is 1. The van der Waals surface area contributed by atoms with Crippen LogP contribution >= 0.6 is 27.5 Å². The highest BCUT2D eigenvalue weighted by Gasteiger charge is 2.11. The number of pyridine rings is 1. The predicted octanol–water partition coefficient (Wildman–Crippen LogP) is 1.88. The Bertz CT molecular complexity index is 454. The van der Waals surface area contributed by atoms with E-state index in [0.29, 0.717) is 35.8 Å². The van der Waals surface area contributed by atoms with Gasteiger partial charge in [-0.15, -0.1) is 0 Å². The molecule has 0 atom stereocenters. The summed E-state index contributed by atoms with van der Waals surface area (Å²) in [6.45, 7) is 0.467. The van der Waals surface area contributed by atoms with E-state index in [1.54, 1.807) is 6.07 Å². The summed E-state index contributed by atoms with van der Waals surface area (Å²) in [5.74, 6) is -0.617. The van der Waals surface area contributed by atoms with Gasteiger partial charge in [-0.3, -0.25) is 9.59 Å². The number of nitrogens with two attached hydrogens (primary N) is 1. The molecule has 0 radical (unpaired) electrons. The molecule has 1 aromatic rings. The third-order valence-electron chi connectivity index (χ3n) is 2.19. The Morgan fingerprint density at radius 1 is 1.44 bits per heavy atom. The van der Waals surface area contributed by atoms with E-state index in [-0.39, 0.29) is 17.0 Å². The van der Waals surface area contributed by atoms with E-state index in [1.807, 2.05) is 0 Å². The second-order valence-corrected chi connectivity index (χ2v) is 4.94. The summed E-state index contributed by atoms with van der Waals surface area (Å²) in [4.78, 5) is 26.1. The van der Waals surface area contributed by atoms with Crippen molar-refractivity contribution in [1.29, 1.82) is 0 Å². The highest BCUT2D eigenvalue weighted by Crippen LogP contribution is 2.17. The zero-order valence-electron chi connectivity index (χ0n) is 9.58. The van der Waals surface area contributed by atoms with Crippen LogP contribution in [0, 0.1) is 0 Å². The number of hydrogen-bond donors (Lipinski definition) is 2. The quantitative estimate of drug-likeness (QED) is 0.615. The maximum Gasteiger partial charge on any atom is 0.254 e. The average molecular weight is 335 g/mol. The normalized spacial score (nSPS) is 10.1. The standard InChI is InChI=1S/C11H13BrClN3O2/c12-7-5-8(10(13)16-6-7)11(18)15-4-2-1-3-9(14)17/h5-6H,1-4H2,(H2,14,17)(H,15,18). The maximum absolute atomic E-state index is 11.8. The van der Waals surface area contributed by atoms with Crippen LogP contribution < -0.4 is 11.1 Å². The molecular formula is C11H13BrClN3O2. The van der Waals surface area contributed by atoms with Crippen molar-refractivity contribution in [3.8, 4) is 0 Å². The largest absolute Gasteiger partial charge is 0.370 e. The van der Waals surface area contributed by atoms with Gasteiger partial charge < -0.3 is 11.1 Å². The first-order chi connectivity index (χ1) is 8.50. The van der Waals surface area contributed by atoms with Crippen molar-refractivity contribution in [2.24, 2.45) is 5.73 Å². The molecule has 0 saturated heterocycles. The van der Waals surface area contributed by atoms with Crippen molar-refractivity contribution in [1.82, 2.24) is 10.3 Å². The third-order valence-corrected chi connectivity index (χ3v) is 2.92. The molecule has 0 unspecified atom stereocenters. The molecule has 1 rings (SSSR count). The van der Waals surface area contributed by atoms with Crippen molar-refractivity contribution < 1.29 is 9.59 Å². The van der Waals surface area contributed by atoms with Gasteiger partial charge in [-0.1, -0.05) is 11.6 Å². The molecule has 0 bridgehead atoms. The van der Waals surface area contributed by atoms with Crippen molar-refractivity contribution in [3.05, 3.63) is 27.5 Å². The molecule has 0 aliphatic heterocycles.